The number of imidazole rings is 1. The minimum atomic E-state index is -1.22. The Morgan fingerprint density at radius 1 is 0.783 bits per heavy atom. The number of amides is 7. The van der Waals surface area contributed by atoms with Gasteiger partial charge in [-0.3, -0.25) is 29.4 Å². The molecule has 2 aromatic carbocycles. The molecule has 6 rings (SSSR count). The van der Waals surface area contributed by atoms with Crippen LogP contribution >= 0.6 is 0 Å². The second kappa shape index (κ2) is 19.8. The molecule has 4 heterocycles. The Labute approximate surface area is 345 Å². The molecule has 13 N–H and O–H groups in total. The highest BCUT2D eigenvalue weighted by Crippen LogP contribution is 2.22. The molecule has 19 heteroatoms. The molecule has 19 nitrogen and oxygen atoms in total. The third-order valence-electron chi connectivity index (χ3n) is 10.7. The topological polar surface area (TPSA) is 295 Å². The summed E-state index contributed by atoms with van der Waals surface area (Å²) in [5.74, 6) is -3.29. The molecule has 3 aromatic heterocycles. The van der Waals surface area contributed by atoms with Crippen LogP contribution in [0.15, 0.2) is 73.4 Å². The molecule has 0 aliphatic carbocycles. The number of rotatable bonds is 20. The van der Waals surface area contributed by atoms with Crippen molar-refractivity contribution in [2.75, 3.05) is 19.6 Å². The average molecular weight is 824 g/mol. The first-order valence-corrected chi connectivity index (χ1v) is 20.1. The molecule has 60 heavy (non-hydrogen) atoms. The van der Waals surface area contributed by atoms with Gasteiger partial charge in [0.05, 0.1) is 12.4 Å². The molecule has 1 aliphatic rings. The Bertz CT molecular complexity index is 2290. The van der Waals surface area contributed by atoms with Crippen molar-refractivity contribution in [3.63, 3.8) is 0 Å². The smallest absolute Gasteiger partial charge is 0.339 e. The van der Waals surface area contributed by atoms with Gasteiger partial charge in [-0.05, 0) is 62.4 Å². The van der Waals surface area contributed by atoms with Crippen molar-refractivity contribution in [2.24, 2.45) is 17.2 Å². The van der Waals surface area contributed by atoms with E-state index in [0.717, 1.165) is 37.9 Å². The number of aromatic amines is 3. The van der Waals surface area contributed by atoms with E-state index in [1.807, 2.05) is 48.5 Å². The number of aromatic nitrogens is 4. The lowest BCUT2D eigenvalue weighted by Gasteiger charge is -2.39. The minimum absolute atomic E-state index is 0.0183. The number of urea groups is 1. The normalized spacial score (nSPS) is 15.6. The van der Waals surface area contributed by atoms with Crippen LogP contribution in [0.2, 0.25) is 0 Å². The summed E-state index contributed by atoms with van der Waals surface area (Å²) in [6.45, 7) is 2.32. The van der Waals surface area contributed by atoms with Crippen molar-refractivity contribution < 1.29 is 28.8 Å². The number of nitrogens with zero attached hydrogens (tertiary/aromatic N) is 3. The summed E-state index contributed by atoms with van der Waals surface area (Å²) in [6, 6.07) is 8.95. The third-order valence-corrected chi connectivity index (χ3v) is 10.7. The number of nitrogens with one attached hydrogen (secondary N) is 7. The first-order valence-electron chi connectivity index (χ1n) is 20.1. The Kier molecular flexibility index (Phi) is 14.2. The summed E-state index contributed by atoms with van der Waals surface area (Å²) in [4.78, 5) is 96.0. The van der Waals surface area contributed by atoms with Gasteiger partial charge in [0.1, 0.15) is 24.2 Å². The number of carbonyl (C=O) groups is 6. The zero-order chi connectivity index (χ0) is 42.8. The molecular formula is C41H53N13O6. The Morgan fingerprint density at radius 2 is 1.40 bits per heavy atom. The van der Waals surface area contributed by atoms with Crippen LogP contribution in [0.5, 0.6) is 0 Å². The van der Waals surface area contributed by atoms with Crippen LogP contribution in [0.4, 0.5) is 4.79 Å². The number of para-hydroxylation sites is 2. The molecule has 7 amide bonds. The lowest BCUT2D eigenvalue weighted by molar-refractivity contribution is -0.134. The highest BCUT2D eigenvalue weighted by atomic mass is 16.2. The molecule has 0 unspecified atom stereocenters. The molecule has 0 saturated carbocycles. The SMILES string of the molecule is C[C@H](NC(=O)[C@@H](Cc1c[nH]c2ccccc12)NC(=O)[C@@H](N)Cc1cnc[nH]1)C(=O)N[C@@H](Cc1c[nH]c2ccccc12)C(=O)NN1CCCN([C@@H](CCCCN)C(N)=O)C1=O. The second-order valence-corrected chi connectivity index (χ2v) is 15.0. The van der Waals surface area contributed by atoms with Gasteiger partial charge in [0, 0.05) is 78.4 Å². The maximum atomic E-state index is 14.1. The third kappa shape index (κ3) is 10.5. The Balaban J connectivity index is 1.18. The molecule has 5 atom stereocenters. The maximum absolute atomic E-state index is 14.1. The molecule has 1 saturated heterocycles. The predicted molar refractivity (Wildman–Crippen MR) is 223 cm³/mol. The van der Waals surface area contributed by atoms with E-state index < -0.39 is 65.8 Å². The van der Waals surface area contributed by atoms with E-state index in [-0.39, 0.29) is 32.4 Å². The van der Waals surface area contributed by atoms with Crippen LogP contribution in [-0.4, -0.2) is 115 Å². The Morgan fingerprint density at radius 3 is 2.00 bits per heavy atom. The molecule has 1 fully saturated rings. The second-order valence-electron chi connectivity index (χ2n) is 15.0. The lowest BCUT2D eigenvalue weighted by atomic mass is 10.0. The number of carbonyl (C=O) groups excluding carboxylic acids is 6. The van der Waals surface area contributed by atoms with Crippen molar-refractivity contribution in [1.82, 2.24) is 51.2 Å². The average Bonchev–Trinajstić information content (AvgIpc) is 4.01. The van der Waals surface area contributed by atoms with Crippen LogP contribution in [-0.2, 0) is 43.2 Å². The number of primary amides is 1. The van der Waals surface area contributed by atoms with E-state index in [1.54, 1.807) is 18.6 Å². The first-order chi connectivity index (χ1) is 28.9. The summed E-state index contributed by atoms with van der Waals surface area (Å²) in [5.41, 5.74) is 24.0. The zero-order valence-electron chi connectivity index (χ0n) is 33.4. The number of hydrazine groups is 1. The number of hydrogen-bond donors (Lipinski definition) is 10. The highest BCUT2D eigenvalue weighted by Gasteiger charge is 2.36. The zero-order valence-corrected chi connectivity index (χ0v) is 33.4. The molecule has 5 aromatic rings. The summed E-state index contributed by atoms with van der Waals surface area (Å²) < 4.78 is 0. The summed E-state index contributed by atoms with van der Waals surface area (Å²) in [7, 11) is 0. The van der Waals surface area contributed by atoms with Crippen molar-refractivity contribution in [2.45, 2.75) is 82.1 Å². The molecular weight excluding hydrogens is 771 g/mol. The fourth-order valence-corrected chi connectivity index (χ4v) is 7.42. The first kappa shape index (κ1) is 42.9. The highest BCUT2D eigenvalue weighted by molar-refractivity contribution is 5.96. The van der Waals surface area contributed by atoms with Crippen molar-refractivity contribution in [3.05, 3.63) is 90.3 Å². The van der Waals surface area contributed by atoms with Crippen molar-refractivity contribution >= 4 is 57.4 Å². The van der Waals surface area contributed by atoms with Gasteiger partial charge in [-0.15, -0.1) is 0 Å². The van der Waals surface area contributed by atoms with Crippen LogP contribution in [0.3, 0.4) is 0 Å². The molecule has 0 spiro atoms. The van der Waals surface area contributed by atoms with Gasteiger partial charge in [-0.2, -0.15) is 0 Å². The van der Waals surface area contributed by atoms with Crippen LogP contribution in [0.25, 0.3) is 21.8 Å². The Hall–Kier alpha value is -6.73. The van der Waals surface area contributed by atoms with Gasteiger partial charge in [-0.25, -0.2) is 14.8 Å². The molecule has 0 radical (unpaired) electrons. The number of hydrogen-bond acceptors (Lipinski definition) is 9. The van der Waals surface area contributed by atoms with Gasteiger partial charge in [0.15, 0.2) is 0 Å². The number of fused-ring (bicyclic) bond motifs is 2. The van der Waals surface area contributed by atoms with Crippen molar-refractivity contribution in [1.29, 1.82) is 0 Å². The minimum Gasteiger partial charge on any atom is -0.368 e. The fraction of sp³-hybridized carbons (Fsp3) is 0.390. The number of benzene rings is 2. The molecule has 0 bridgehead atoms. The fourth-order valence-electron chi connectivity index (χ4n) is 7.42. The maximum Gasteiger partial charge on any atom is 0.339 e. The lowest BCUT2D eigenvalue weighted by Crippen LogP contribution is -2.63. The van der Waals surface area contributed by atoms with Crippen LogP contribution < -0.4 is 38.6 Å². The van der Waals surface area contributed by atoms with Crippen LogP contribution in [0, 0.1) is 0 Å². The van der Waals surface area contributed by atoms with Gasteiger partial charge >= 0.3 is 6.03 Å². The van der Waals surface area contributed by atoms with E-state index in [1.165, 1.54) is 18.2 Å². The summed E-state index contributed by atoms with van der Waals surface area (Å²) in [5, 5.41) is 11.1. The summed E-state index contributed by atoms with van der Waals surface area (Å²) in [6.07, 6.45) is 8.78. The molecule has 1 aliphatic heterocycles. The van der Waals surface area contributed by atoms with E-state index in [0.29, 0.717) is 37.9 Å². The number of H-pyrrole nitrogens is 3. The van der Waals surface area contributed by atoms with Crippen LogP contribution in [0.1, 0.15) is 49.4 Å². The monoisotopic (exact) mass is 823 g/mol. The van der Waals surface area contributed by atoms with E-state index >= 15 is 0 Å². The van der Waals surface area contributed by atoms with Gasteiger partial charge in [0.25, 0.3) is 5.91 Å². The summed E-state index contributed by atoms with van der Waals surface area (Å²) >= 11 is 0. The van der Waals surface area contributed by atoms with Gasteiger partial charge < -0.3 is 53.0 Å². The van der Waals surface area contributed by atoms with E-state index in [2.05, 4.69) is 41.3 Å². The molecule has 318 valence electrons. The number of unbranched alkanes of at least 4 members (excludes halogenated alkanes) is 1. The van der Waals surface area contributed by atoms with E-state index in [9.17, 15) is 28.8 Å². The van der Waals surface area contributed by atoms with Gasteiger partial charge in [0.2, 0.25) is 23.6 Å². The predicted octanol–water partition coefficient (Wildman–Crippen LogP) is 0.344. The van der Waals surface area contributed by atoms with Gasteiger partial charge in [-0.1, -0.05) is 36.4 Å². The largest absolute Gasteiger partial charge is 0.368 e. The quantitative estimate of drug-likeness (QED) is 0.0484. The standard InChI is InChI=1S/C41H53N13O6/c1-24(49-39(58)33(17-25-20-46-31-11-4-2-9-28(25)31)51-38(57)30(43)19-27-22-45-23-48-27)37(56)50-34(18-26-21-47-32-12-5-3-10-29(26)32)40(59)52-54-16-8-15-53(41(54)60)35(36(44)55)13-6-7-14-42/h2-5,9-12,20-24,30,33-35,46-47H,6-8,13-19,42-43H2,1H3,(H2,44,55)(H,45,48)(H,49,58)(H,50,56)(H,51,57)(H,52,59)/t24-,30-,33+,34-,35-/m0/s1. The number of nitrogens with two attached hydrogens (primary N) is 3. The van der Waals surface area contributed by atoms with E-state index in [4.69, 9.17) is 17.2 Å². The van der Waals surface area contributed by atoms with Crippen molar-refractivity contribution in [3.8, 4) is 0 Å².